The van der Waals surface area contributed by atoms with Gasteiger partial charge in [-0.25, -0.2) is 21.1 Å². The second kappa shape index (κ2) is 7.30. The van der Waals surface area contributed by atoms with Crippen molar-refractivity contribution in [2.24, 2.45) is 0 Å². The molecule has 0 aliphatic rings. The maximum atomic E-state index is 13.2. The smallest absolute Gasteiger partial charge is 0.280 e. The van der Waals surface area contributed by atoms with E-state index >= 15 is 0 Å². The van der Waals surface area contributed by atoms with Crippen molar-refractivity contribution in [1.82, 2.24) is 4.31 Å². The van der Waals surface area contributed by atoms with Crippen molar-refractivity contribution in [1.29, 1.82) is 0 Å². The van der Waals surface area contributed by atoms with Crippen LogP contribution in [0, 0.1) is 0 Å². The van der Waals surface area contributed by atoms with Gasteiger partial charge in [-0.05, 0) is 36.4 Å². The summed E-state index contributed by atoms with van der Waals surface area (Å²) >= 11 is 5.55. The first-order valence-corrected chi connectivity index (χ1v) is 10.5. The molecule has 0 atom stereocenters. The fraction of sp³-hybridized carbons (Fsp3) is 0.200. The molecule has 0 aliphatic heterocycles. The number of sulfonamides is 2. The van der Waals surface area contributed by atoms with Crippen LogP contribution in [-0.2, 0) is 26.2 Å². The highest BCUT2D eigenvalue weighted by atomic mass is 35.5. The summed E-state index contributed by atoms with van der Waals surface area (Å²) in [5.74, 6) is 0. The molecule has 6 nitrogen and oxygen atoms in total. The fourth-order valence-electron chi connectivity index (χ4n) is 2.10. The molecule has 12 heteroatoms. The molecule has 0 spiro atoms. The topological polar surface area (TPSA) is 83.6 Å². The highest BCUT2D eigenvalue weighted by Gasteiger charge is 2.37. The van der Waals surface area contributed by atoms with Gasteiger partial charge in [-0.2, -0.15) is 13.2 Å². The Balaban J connectivity index is 2.50. The molecule has 2 aromatic carbocycles. The zero-order valence-corrected chi connectivity index (χ0v) is 16.3. The van der Waals surface area contributed by atoms with Gasteiger partial charge in [-0.15, -0.1) is 0 Å². The van der Waals surface area contributed by atoms with Crippen LogP contribution in [0.1, 0.15) is 5.56 Å². The number of nitrogens with one attached hydrogen (secondary N) is 1. The third-order valence-corrected chi connectivity index (χ3v) is 6.89. The minimum Gasteiger partial charge on any atom is -0.280 e. The van der Waals surface area contributed by atoms with Gasteiger partial charge in [0.1, 0.15) is 0 Å². The van der Waals surface area contributed by atoms with Crippen molar-refractivity contribution in [3.05, 3.63) is 53.1 Å². The molecule has 0 amide bonds. The third kappa shape index (κ3) is 4.72. The van der Waals surface area contributed by atoms with Crippen molar-refractivity contribution in [2.75, 3.05) is 18.8 Å². The minimum atomic E-state index is -4.95. The second-order valence-corrected chi connectivity index (χ2v) is 9.80. The lowest BCUT2D eigenvalue weighted by atomic mass is 10.2. The number of halogens is 4. The van der Waals surface area contributed by atoms with Gasteiger partial charge in [0.2, 0.25) is 10.0 Å². The number of alkyl halides is 3. The third-order valence-electron chi connectivity index (χ3n) is 3.40. The minimum absolute atomic E-state index is 0.207. The van der Waals surface area contributed by atoms with Crippen LogP contribution in [0.25, 0.3) is 0 Å². The van der Waals surface area contributed by atoms with E-state index in [9.17, 15) is 30.0 Å². The highest BCUT2D eigenvalue weighted by Crippen LogP contribution is 2.36. The summed E-state index contributed by atoms with van der Waals surface area (Å²) in [6.45, 7) is 0. The first-order chi connectivity index (χ1) is 12.2. The molecule has 0 saturated heterocycles. The van der Waals surface area contributed by atoms with Crippen molar-refractivity contribution in [2.45, 2.75) is 16.0 Å². The van der Waals surface area contributed by atoms with Gasteiger partial charge in [0.15, 0.2) is 0 Å². The predicted molar refractivity (Wildman–Crippen MR) is 94.6 cm³/mol. The maximum Gasteiger partial charge on any atom is 0.417 e. The summed E-state index contributed by atoms with van der Waals surface area (Å²) < 4.78 is 91.6. The summed E-state index contributed by atoms with van der Waals surface area (Å²) in [4.78, 5) is -1.25. The van der Waals surface area contributed by atoms with E-state index in [-0.39, 0.29) is 15.6 Å². The Hall–Kier alpha value is -1.82. The lowest BCUT2D eigenvalue weighted by Gasteiger charge is -2.16. The summed E-state index contributed by atoms with van der Waals surface area (Å²) in [5.41, 5.74) is -1.64. The second-order valence-electron chi connectivity index (χ2n) is 5.56. The Labute approximate surface area is 159 Å². The molecular weight excluding hydrogens is 429 g/mol. The number of anilines is 1. The van der Waals surface area contributed by atoms with E-state index < -0.39 is 36.7 Å². The predicted octanol–water partition coefficient (Wildman–Crippen LogP) is 3.41. The molecule has 2 aromatic rings. The van der Waals surface area contributed by atoms with Crippen molar-refractivity contribution in [3.8, 4) is 0 Å². The first-order valence-electron chi connectivity index (χ1n) is 7.17. The van der Waals surface area contributed by atoms with Crippen LogP contribution in [0.4, 0.5) is 18.9 Å². The molecule has 27 heavy (non-hydrogen) atoms. The molecular formula is C15H14ClF3N2O4S2. The van der Waals surface area contributed by atoms with E-state index in [1.165, 1.54) is 32.3 Å². The average molecular weight is 443 g/mol. The average Bonchev–Trinajstić information content (AvgIpc) is 2.53. The quantitative estimate of drug-likeness (QED) is 0.769. The van der Waals surface area contributed by atoms with E-state index in [1.54, 1.807) is 0 Å². The molecule has 0 heterocycles. The lowest BCUT2D eigenvalue weighted by Crippen LogP contribution is -2.22. The maximum absolute atomic E-state index is 13.2. The van der Waals surface area contributed by atoms with E-state index in [4.69, 9.17) is 11.6 Å². The molecule has 2 rings (SSSR count). The van der Waals surface area contributed by atoms with Crippen LogP contribution in [-0.4, -0.2) is 35.2 Å². The van der Waals surface area contributed by atoms with Crippen molar-refractivity contribution < 1.29 is 30.0 Å². The zero-order valence-electron chi connectivity index (χ0n) is 14.0. The molecule has 0 aromatic heterocycles. The van der Waals surface area contributed by atoms with Gasteiger partial charge >= 0.3 is 6.18 Å². The molecule has 0 saturated carbocycles. The van der Waals surface area contributed by atoms with E-state index in [0.29, 0.717) is 6.07 Å². The summed E-state index contributed by atoms with van der Waals surface area (Å²) in [6.07, 6.45) is -4.95. The van der Waals surface area contributed by atoms with Gasteiger partial charge in [-0.1, -0.05) is 17.7 Å². The van der Waals surface area contributed by atoms with Gasteiger partial charge in [0.25, 0.3) is 10.0 Å². The van der Waals surface area contributed by atoms with Crippen LogP contribution < -0.4 is 4.72 Å². The molecule has 148 valence electrons. The lowest BCUT2D eigenvalue weighted by molar-refractivity contribution is -0.139. The van der Waals surface area contributed by atoms with E-state index in [2.05, 4.69) is 0 Å². The normalized spacial score (nSPS) is 13.0. The largest absolute Gasteiger partial charge is 0.417 e. The van der Waals surface area contributed by atoms with Gasteiger partial charge < -0.3 is 0 Å². The molecule has 0 aliphatic carbocycles. The van der Waals surface area contributed by atoms with Crippen LogP contribution in [0.15, 0.2) is 52.3 Å². The van der Waals surface area contributed by atoms with Gasteiger partial charge in [0.05, 0.1) is 21.0 Å². The Bertz CT molecular complexity index is 1070. The molecule has 0 unspecified atom stereocenters. The van der Waals surface area contributed by atoms with E-state index in [1.807, 2.05) is 4.72 Å². The van der Waals surface area contributed by atoms with Crippen LogP contribution >= 0.6 is 11.6 Å². The summed E-state index contributed by atoms with van der Waals surface area (Å²) in [7, 11) is -5.94. The van der Waals surface area contributed by atoms with Crippen LogP contribution in [0.3, 0.4) is 0 Å². The summed E-state index contributed by atoms with van der Waals surface area (Å²) in [6, 6.07) is 6.97. The molecule has 1 N–H and O–H groups in total. The molecule has 0 fully saturated rings. The number of hydrogen-bond acceptors (Lipinski definition) is 4. The van der Waals surface area contributed by atoms with Crippen LogP contribution in [0.2, 0.25) is 5.02 Å². The zero-order chi connectivity index (χ0) is 20.6. The van der Waals surface area contributed by atoms with Crippen molar-refractivity contribution >= 4 is 37.3 Å². The Morgan fingerprint density at radius 1 is 1.00 bits per heavy atom. The molecule has 0 bridgehead atoms. The van der Waals surface area contributed by atoms with Crippen LogP contribution in [0.5, 0.6) is 0 Å². The Morgan fingerprint density at radius 3 is 2.19 bits per heavy atom. The number of nitrogens with zero attached hydrogens (tertiary/aromatic N) is 1. The SMILES string of the molecule is CN(C)S(=O)(=O)c1cccc(NS(=O)(=O)c2ccc(Cl)cc2C(F)(F)F)c1. The van der Waals surface area contributed by atoms with Gasteiger partial charge in [-0.3, -0.25) is 4.72 Å². The number of rotatable bonds is 5. The number of hydrogen-bond donors (Lipinski definition) is 1. The summed E-state index contributed by atoms with van der Waals surface area (Å²) in [5, 5.41) is -0.277. The fourth-order valence-corrected chi connectivity index (χ4v) is 4.48. The van der Waals surface area contributed by atoms with Crippen molar-refractivity contribution in [3.63, 3.8) is 0 Å². The van der Waals surface area contributed by atoms with E-state index in [0.717, 1.165) is 22.5 Å². The Kier molecular flexibility index (Phi) is 5.81. The monoisotopic (exact) mass is 442 g/mol. The standard InChI is InChI=1S/C15H14ClF3N2O4S2/c1-21(2)27(24,25)12-5-3-4-11(9-12)20-26(22,23)14-7-6-10(16)8-13(14)15(17,18)19/h3-9,20H,1-2H3. The number of benzene rings is 2. The highest BCUT2D eigenvalue weighted by molar-refractivity contribution is 7.92. The first kappa shape index (κ1) is 21.5. The van der Waals surface area contributed by atoms with Gasteiger partial charge in [0, 0.05) is 19.1 Å². The molecule has 0 radical (unpaired) electrons. The Morgan fingerprint density at radius 2 is 1.63 bits per heavy atom.